The Morgan fingerprint density at radius 2 is 0.775 bits per heavy atom. The van der Waals surface area contributed by atoms with Gasteiger partial charge in [0.25, 0.3) is 0 Å². The van der Waals surface area contributed by atoms with Gasteiger partial charge in [0.2, 0.25) is 0 Å². The van der Waals surface area contributed by atoms with Crippen molar-refractivity contribution in [2.24, 2.45) is 0 Å². The van der Waals surface area contributed by atoms with E-state index in [1.54, 1.807) is 22.7 Å². The third kappa shape index (κ3) is 4.07. The van der Waals surface area contributed by atoms with E-state index in [0.717, 1.165) is 0 Å². The Morgan fingerprint density at radius 1 is 0.325 bits per heavy atom. The van der Waals surface area contributed by atoms with Crippen LogP contribution in [0.25, 0.3) is 73.1 Å². The van der Waals surface area contributed by atoms with Crippen LogP contribution in [0.5, 0.6) is 0 Å². The molecule has 40 heavy (non-hydrogen) atoms. The summed E-state index contributed by atoms with van der Waals surface area (Å²) in [6.07, 6.45) is 0. The number of thiophene rings is 4. The number of benzene rings is 4. The molecule has 8 rings (SSSR count). The Bertz CT molecular complexity index is 1950. The Labute approximate surface area is 249 Å². The molecule has 190 valence electrons. The van der Waals surface area contributed by atoms with Gasteiger partial charge >= 0.3 is 0 Å². The van der Waals surface area contributed by atoms with Gasteiger partial charge < -0.3 is 0 Å². The molecule has 0 unspecified atom stereocenters. The van der Waals surface area contributed by atoms with Crippen molar-refractivity contribution in [2.75, 3.05) is 0 Å². The molecule has 4 heteroatoms. The van der Waals surface area contributed by atoms with E-state index >= 15 is 0 Å². The molecule has 0 spiro atoms. The SMILES string of the molecule is c1csc(-c2ccc(-c3ccc4ccccc4c3-c3c(-c4ccc(-c5cccs5)s4)ccc4ccccc34)s2)c1. The average molecular weight is 583 g/mol. The number of hydrogen-bond acceptors (Lipinski definition) is 4. The molecular weight excluding hydrogens is 561 g/mol. The largest absolute Gasteiger partial charge is 0.143 e. The molecule has 4 aromatic heterocycles. The lowest BCUT2D eigenvalue weighted by atomic mass is 9.86. The molecule has 0 aliphatic heterocycles. The molecule has 8 aromatic rings. The zero-order valence-corrected chi connectivity index (χ0v) is 24.6. The molecule has 4 aromatic carbocycles. The third-order valence-corrected chi connectivity index (χ3v) is 11.7. The first-order valence-electron chi connectivity index (χ1n) is 13.2. The summed E-state index contributed by atoms with van der Waals surface area (Å²) in [6.45, 7) is 0. The fraction of sp³-hybridized carbons (Fsp3) is 0. The highest BCUT2D eigenvalue weighted by molar-refractivity contribution is 7.24. The maximum absolute atomic E-state index is 2.33. The van der Waals surface area contributed by atoms with Gasteiger partial charge in [-0.3, -0.25) is 0 Å². The minimum atomic E-state index is 1.26. The summed E-state index contributed by atoms with van der Waals surface area (Å²) in [7, 11) is 0. The summed E-state index contributed by atoms with van der Waals surface area (Å²) >= 11 is 7.38. The molecule has 0 saturated carbocycles. The van der Waals surface area contributed by atoms with E-state index < -0.39 is 0 Å². The van der Waals surface area contributed by atoms with Gasteiger partial charge in [-0.05, 0) is 79.8 Å². The van der Waals surface area contributed by atoms with Crippen LogP contribution in [0.3, 0.4) is 0 Å². The molecule has 0 atom stereocenters. The lowest BCUT2D eigenvalue weighted by molar-refractivity contribution is 1.67. The van der Waals surface area contributed by atoms with Crippen molar-refractivity contribution in [1.82, 2.24) is 0 Å². The molecule has 0 aliphatic carbocycles. The molecule has 0 bridgehead atoms. The van der Waals surface area contributed by atoms with Gasteiger partial charge in [-0.15, -0.1) is 45.3 Å². The van der Waals surface area contributed by atoms with Crippen molar-refractivity contribution in [3.05, 3.63) is 132 Å². The van der Waals surface area contributed by atoms with Crippen LogP contribution >= 0.6 is 45.3 Å². The number of rotatable bonds is 5. The lowest BCUT2D eigenvalue weighted by Gasteiger charge is -2.18. The van der Waals surface area contributed by atoms with Crippen LogP contribution < -0.4 is 0 Å². The van der Waals surface area contributed by atoms with Crippen LogP contribution in [-0.4, -0.2) is 0 Å². The van der Waals surface area contributed by atoms with Gasteiger partial charge in [0, 0.05) is 40.4 Å². The van der Waals surface area contributed by atoms with E-state index in [0.29, 0.717) is 0 Å². The van der Waals surface area contributed by atoms with Crippen LogP contribution in [0.4, 0.5) is 0 Å². The quantitative estimate of drug-likeness (QED) is 0.189. The van der Waals surface area contributed by atoms with Crippen LogP contribution in [0, 0.1) is 0 Å². The van der Waals surface area contributed by atoms with E-state index in [1.165, 1.54) is 73.1 Å². The molecule has 0 amide bonds. The lowest BCUT2D eigenvalue weighted by Crippen LogP contribution is -1.91. The summed E-state index contributed by atoms with van der Waals surface area (Å²) in [6, 6.07) is 44.8. The second-order valence-corrected chi connectivity index (χ2v) is 13.8. The summed E-state index contributed by atoms with van der Waals surface area (Å²) in [5.41, 5.74) is 5.21. The van der Waals surface area contributed by atoms with E-state index in [2.05, 4.69) is 132 Å². The van der Waals surface area contributed by atoms with Crippen LogP contribution in [0.1, 0.15) is 0 Å². The minimum Gasteiger partial charge on any atom is -0.143 e. The zero-order valence-electron chi connectivity index (χ0n) is 21.3. The molecular formula is C36H22S4. The van der Waals surface area contributed by atoms with Crippen LogP contribution in [-0.2, 0) is 0 Å². The van der Waals surface area contributed by atoms with Crippen molar-refractivity contribution < 1.29 is 0 Å². The monoisotopic (exact) mass is 582 g/mol. The van der Waals surface area contributed by atoms with Crippen molar-refractivity contribution >= 4 is 66.9 Å². The van der Waals surface area contributed by atoms with Gasteiger partial charge in [0.05, 0.1) is 0 Å². The Kier molecular flexibility index (Phi) is 6.00. The molecule has 0 radical (unpaired) electrons. The van der Waals surface area contributed by atoms with E-state index in [-0.39, 0.29) is 0 Å². The third-order valence-electron chi connectivity index (χ3n) is 7.38. The van der Waals surface area contributed by atoms with Crippen molar-refractivity contribution in [3.8, 4) is 51.5 Å². The highest BCUT2D eigenvalue weighted by Crippen LogP contribution is 2.49. The van der Waals surface area contributed by atoms with Gasteiger partial charge in [0.1, 0.15) is 0 Å². The standard InChI is InChI=1S/C36H22S4/c1-3-9-25-23(7-1)13-15-27(29-17-19-33(39-29)31-11-5-21-37-31)35(25)36-26-10-4-2-8-24(26)14-16-28(36)30-18-20-34(40-30)32-12-6-22-38-32/h1-22H. The van der Waals surface area contributed by atoms with Crippen LogP contribution in [0.2, 0.25) is 0 Å². The van der Waals surface area contributed by atoms with E-state index in [4.69, 9.17) is 0 Å². The molecule has 0 N–H and O–H groups in total. The first kappa shape index (κ1) is 24.0. The topological polar surface area (TPSA) is 0 Å². The second-order valence-electron chi connectivity index (χ2n) is 9.70. The smallest absolute Gasteiger partial charge is 0.0449 e. The van der Waals surface area contributed by atoms with Gasteiger partial charge in [-0.2, -0.15) is 0 Å². The predicted molar refractivity (Wildman–Crippen MR) is 180 cm³/mol. The zero-order chi connectivity index (χ0) is 26.5. The summed E-state index contributed by atoms with van der Waals surface area (Å²) in [5.74, 6) is 0. The maximum Gasteiger partial charge on any atom is 0.0449 e. The highest BCUT2D eigenvalue weighted by Gasteiger charge is 2.21. The van der Waals surface area contributed by atoms with Crippen LogP contribution in [0.15, 0.2) is 132 Å². The summed E-state index contributed by atoms with van der Waals surface area (Å²) in [4.78, 5) is 7.89. The average Bonchev–Trinajstić information content (AvgIpc) is 3.82. The van der Waals surface area contributed by atoms with E-state index in [1.807, 2.05) is 22.7 Å². The van der Waals surface area contributed by atoms with Gasteiger partial charge in [-0.25, -0.2) is 0 Å². The fourth-order valence-electron chi connectivity index (χ4n) is 5.56. The Morgan fingerprint density at radius 3 is 1.23 bits per heavy atom. The summed E-state index contributed by atoms with van der Waals surface area (Å²) < 4.78 is 0. The summed E-state index contributed by atoms with van der Waals surface area (Å²) in [5, 5.41) is 9.42. The Balaban J connectivity index is 1.44. The first-order valence-corrected chi connectivity index (χ1v) is 16.5. The number of fused-ring (bicyclic) bond motifs is 2. The maximum atomic E-state index is 2.33. The van der Waals surface area contributed by atoms with Gasteiger partial charge in [0.15, 0.2) is 0 Å². The molecule has 4 heterocycles. The van der Waals surface area contributed by atoms with Gasteiger partial charge in [-0.1, -0.05) is 84.9 Å². The molecule has 0 saturated heterocycles. The van der Waals surface area contributed by atoms with Crippen molar-refractivity contribution in [3.63, 3.8) is 0 Å². The Hall–Kier alpha value is -3.80. The first-order chi connectivity index (χ1) is 19.8. The normalized spacial score (nSPS) is 11.5. The molecule has 0 aliphatic rings. The molecule has 0 nitrogen and oxygen atoms in total. The highest BCUT2D eigenvalue weighted by atomic mass is 32.1. The fourth-order valence-corrected chi connectivity index (χ4v) is 9.30. The molecule has 0 fully saturated rings. The second kappa shape index (κ2) is 9.99. The predicted octanol–water partition coefficient (Wildman–Crippen LogP) is 12.6. The minimum absolute atomic E-state index is 1.26. The van der Waals surface area contributed by atoms with Crippen molar-refractivity contribution in [1.29, 1.82) is 0 Å². The van der Waals surface area contributed by atoms with Crippen molar-refractivity contribution in [2.45, 2.75) is 0 Å². The van der Waals surface area contributed by atoms with E-state index in [9.17, 15) is 0 Å². The number of hydrogen-bond donors (Lipinski definition) is 0.